The number of thiophene rings is 1. The first kappa shape index (κ1) is 11.9. The van der Waals surface area contributed by atoms with E-state index in [9.17, 15) is 0 Å². The SMILES string of the molecule is Cc1ccc(C(N)C2CCCc3sccc32)cn1. The minimum Gasteiger partial charge on any atom is -0.323 e. The molecule has 0 bridgehead atoms. The van der Waals surface area contributed by atoms with E-state index in [1.54, 1.807) is 0 Å². The molecule has 0 saturated heterocycles. The summed E-state index contributed by atoms with van der Waals surface area (Å²) in [5.41, 5.74) is 10.1. The molecule has 0 amide bonds. The topological polar surface area (TPSA) is 38.9 Å². The Kier molecular flexibility index (Phi) is 3.18. The lowest BCUT2D eigenvalue weighted by Crippen LogP contribution is -2.22. The smallest absolute Gasteiger partial charge is 0.0380 e. The zero-order valence-electron chi connectivity index (χ0n) is 10.6. The highest BCUT2D eigenvalue weighted by molar-refractivity contribution is 7.10. The van der Waals surface area contributed by atoms with Crippen molar-refractivity contribution in [3.8, 4) is 0 Å². The zero-order chi connectivity index (χ0) is 12.5. The summed E-state index contributed by atoms with van der Waals surface area (Å²) in [5, 5.41) is 2.20. The Hall–Kier alpha value is -1.19. The number of rotatable bonds is 2. The van der Waals surface area contributed by atoms with Crippen LogP contribution in [0.15, 0.2) is 29.8 Å². The Labute approximate surface area is 112 Å². The molecule has 3 heteroatoms. The molecule has 2 N–H and O–H groups in total. The van der Waals surface area contributed by atoms with Gasteiger partial charge in [-0.1, -0.05) is 6.07 Å². The third kappa shape index (κ3) is 2.08. The standard InChI is InChI=1S/C15H18N2S/c1-10-5-6-11(9-17-10)15(16)13-3-2-4-14-12(13)7-8-18-14/h5-9,13,15H,2-4,16H2,1H3. The lowest BCUT2D eigenvalue weighted by Gasteiger charge is -2.28. The molecular formula is C15H18N2S. The maximum absolute atomic E-state index is 6.46. The van der Waals surface area contributed by atoms with Crippen LogP contribution in [0.4, 0.5) is 0 Å². The van der Waals surface area contributed by atoms with E-state index in [-0.39, 0.29) is 6.04 Å². The normalized spacial score (nSPS) is 20.4. The van der Waals surface area contributed by atoms with Crippen molar-refractivity contribution in [1.29, 1.82) is 0 Å². The van der Waals surface area contributed by atoms with Gasteiger partial charge in [0.2, 0.25) is 0 Å². The molecule has 0 fully saturated rings. The van der Waals surface area contributed by atoms with Crippen molar-refractivity contribution in [2.75, 3.05) is 0 Å². The molecule has 0 aromatic carbocycles. The zero-order valence-corrected chi connectivity index (χ0v) is 11.4. The second-order valence-electron chi connectivity index (χ2n) is 5.06. The number of nitrogens with zero attached hydrogens (tertiary/aromatic N) is 1. The fraction of sp³-hybridized carbons (Fsp3) is 0.400. The van der Waals surface area contributed by atoms with E-state index in [0.29, 0.717) is 5.92 Å². The van der Waals surface area contributed by atoms with Crippen molar-refractivity contribution in [2.24, 2.45) is 5.73 Å². The first-order valence-electron chi connectivity index (χ1n) is 6.50. The first-order valence-corrected chi connectivity index (χ1v) is 7.38. The van der Waals surface area contributed by atoms with Gasteiger partial charge in [-0.15, -0.1) is 11.3 Å². The van der Waals surface area contributed by atoms with Crippen LogP contribution in [-0.4, -0.2) is 4.98 Å². The molecule has 0 radical (unpaired) electrons. The van der Waals surface area contributed by atoms with Gasteiger partial charge in [0.25, 0.3) is 0 Å². The van der Waals surface area contributed by atoms with Gasteiger partial charge in [-0.05, 0) is 54.8 Å². The minimum absolute atomic E-state index is 0.0757. The highest BCUT2D eigenvalue weighted by Gasteiger charge is 2.27. The molecule has 18 heavy (non-hydrogen) atoms. The number of nitrogens with two attached hydrogens (primary N) is 1. The van der Waals surface area contributed by atoms with E-state index >= 15 is 0 Å². The highest BCUT2D eigenvalue weighted by Crippen LogP contribution is 2.41. The van der Waals surface area contributed by atoms with Crippen molar-refractivity contribution in [2.45, 2.75) is 38.1 Å². The third-order valence-electron chi connectivity index (χ3n) is 3.85. The molecule has 2 aromatic rings. The summed E-state index contributed by atoms with van der Waals surface area (Å²) in [7, 11) is 0. The van der Waals surface area contributed by atoms with Gasteiger partial charge in [-0.3, -0.25) is 4.98 Å². The summed E-state index contributed by atoms with van der Waals surface area (Å²) < 4.78 is 0. The monoisotopic (exact) mass is 258 g/mol. The average molecular weight is 258 g/mol. The third-order valence-corrected chi connectivity index (χ3v) is 4.85. The number of hydrogen-bond donors (Lipinski definition) is 1. The molecule has 1 aliphatic carbocycles. The number of fused-ring (bicyclic) bond motifs is 1. The number of aryl methyl sites for hydroxylation is 2. The molecule has 0 saturated carbocycles. The van der Waals surface area contributed by atoms with Crippen LogP contribution in [0.3, 0.4) is 0 Å². The van der Waals surface area contributed by atoms with Crippen molar-refractivity contribution in [1.82, 2.24) is 4.98 Å². The van der Waals surface area contributed by atoms with Gasteiger partial charge in [0.05, 0.1) is 0 Å². The molecule has 2 heterocycles. The van der Waals surface area contributed by atoms with Gasteiger partial charge in [-0.25, -0.2) is 0 Å². The van der Waals surface area contributed by atoms with E-state index in [4.69, 9.17) is 5.73 Å². The van der Waals surface area contributed by atoms with Crippen LogP contribution in [0.5, 0.6) is 0 Å². The van der Waals surface area contributed by atoms with Gasteiger partial charge in [0.15, 0.2) is 0 Å². The maximum Gasteiger partial charge on any atom is 0.0380 e. The summed E-state index contributed by atoms with van der Waals surface area (Å²) in [6, 6.07) is 6.50. The van der Waals surface area contributed by atoms with E-state index in [1.165, 1.54) is 29.7 Å². The molecule has 1 aliphatic rings. The average Bonchev–Trinajstić information content (AvgIpc) is 2.87. The van der Waals surface area contributed by atoms with Crippen LogP contribution in [0.25, 0.3) is 0 Å². The van der Waals surface area contributed by atoms with E-state index in [0.717, 1.165) is 11.3 Å². The van der Waals surface area contributed by atoms with Crippen LogP contribution in [0.1, 0.15) is 46.5 Å². The Balaban J connectivity index is 1.90. The number of hydrogen-bond acceptors (Lipinski definition) is 3. The van der Waals surface area contributed by atoms with E-state index in [2.05, 4.69) is 22.5 Å². The van der Waals surface area contributed by atoms with Gasteiger partial charge >= 0.3 is 0 Å². The molecule has 3 rings (SSSR count). The van der Waals surface area contributed by atoms with Gasteiger partial charge in [0.1, 0.15) is 0 Å². The van der Waals surface area contributed by atoms with Crippen LogP contribution in [0, 0.1) is 6.92 Å². The van der Waals surface area contributed by atoms with E-state index in [1.807, 2.05) is 30.5 Å². The van der Waals surface area contributed by atoms with Gasteiger partial charge in [0, 0.05) is 28.7 Å². The van der Waals surface area contributed by atoms with Crippen LogP contribution in [-0.2, 0) is 6.42 Å². The Morgan fingerprint density at radius 2 is 2.28 bits per heavy atom. The molecule has 0 aliphatic heterocycles. The van der Waals surface area contributed by atoms with Crippen LogP contribution < -0.4 is 5.73 Å². The van der Waals surface area contributed by atoms with Gasteiger partial charge < -0.3 is 5.73 Å². The summed E-state index contributed by atoms with van der Waals surface area (Å²) in [4.78, 5) is 5.89. The Morgan fingerprint density at radius 3 is 3.06 bits per heavy atom. The summed E-state index contributed by atoms with van der Waals surface area (Å²) in [6.45, 7) is 2.01. The summed E-state index contributed by atoms with van der Waals surface area (Å²) >= 11 is 1.87. The fourth-order valence-corrected chi connectivity index (χ4v) is 3.80. The van der Waals surface area contributed by atoms with Gasteiger partial charge in [-0.2, -0.15) is 0 Å². The number of pyridine rings is 1. The van der Waals surface area contributed by atoms with Crippen molar-refractivity contribution >= 4 is 11.3 Å². The summed E-state index contributed by atoms with van der Waals surface area (Å²) in [5.74, 6) is 0.463. The molecule has 2 aromatic heterocycles. The Bertz CT molecular complexity index is 530. The molecule has 94 valence electrons. The lowest BCUT2D eigenvalue weighted by molar-refractivity contribution is 0.478. The quantitative estimate of drug-likeness (QED) is 0.894. The maximum atomic E-state index is 6.46. The first-order chi connectivity index (χ1) is 8.75. The Morgan fingerprint density at radius 1 is 1.39 bits per heavy atom. The van der Waals surface area contributed by atoms with Crippen molar-refractivity contribution < 1.29 is 0 Å². The van der Waals surface area contributed by atoms with Crippen molar-refractivity contribution in [3.05, 3.63) is 51.5 Å². The minimum atomic E-state index is 0.0757. The van der Waals surface area contributed by atoms with Crippen LogP contribution >= 0.6 is 11.3 Å². The predicted molar refractivity (Wildman–Crippen MR) is 75.9 cm³/mol. The second-order valence-corrected chi connectivity index (χ2v) is 6.06. The molecule has 2 nitrogen and oxygen atoms in total. The highest BCUT2D eigenvalue weighted by atomic mass is 32.1. The fourth-order valence-electron chi connectivity index (χ4n) is 2.80. The molecular weight excluding hydrogens is 240 g/mol. The largest absolute Gasteiger partial charge is 0.323 e. The predicted octanol–water partition coefficient (Wildman–Crippen LogP) is 3.57. The second kappa shape index (κ2) is 4.82. The molecule has 0 spiro atoms. The molecule has 2 unspecified atom stereocenters. The lowest BCUT2D eigenvalue weighted by atomic mass is 9.80. The summed E-state index contributed by atoms with van der Waals surface area (Å²) in [6.07, 6.45) is 5.60. The molecule has 2 atom stereocenters. The van der Waals surface area contributed by atoms with E-state index < -0.39 is 0 Å². The van der Waals surface area contributed by atoms with Crippen molar-refractivity contribution in [3.63, 3.8) is 0 Å². The van der Waals surface area contributed by atoms with Crippen LogP contribution in [0.2, 0.25) is 0 Å². The number of aromatic nitrogens is 1.